The van der Waals surface area contributed by atoms with Gasteiger partial charge in [0.05, 0.1) is 0 Å². The molecule has 1 aliphatic rings. The van der Waals surface area contributed by atoms with Crippen molar-refractivity contribution in [2.75, 3.05) is 26.2 Å². The SMILES string of the molecule is C=CC[C@H](c1c(F)cc(Br)cc1F)N1CCNCC1. The largest absolute Gasteiger partial charge is 0.314 e. The number of nitrogens with zero attached hydrogens (tertiary/aromatic N) is 1. The van der Waals surface area contributed by atoms with E-state index in [1.165, 1.54) is 12.1 Å². The number of benzene rings is 1. The number of hydrogen-bond donors (Lipinski definition) is 1. The van der Waals surface area contributed by atoms with Crippen LogP contribution in [0.1, 0.15) is 18.0 Å². The van der Waals surface area contributed by atoms with Gasteiger partial charge in [-0.2, -0.15) is 0 Å². The molecule has 1 aliphatic heterocycles. The molecule has 1 atom stereocenters. The fourth-order valence-corrected chi connectivity index (χ4v) is 2.87. The van der Waals surface area contributed by atoms with Crippen LogP contribution in [0.2, 0.25) is 0 Å². The Bertz CT molecular complexity index is 436. The maximum Gasteiger partial charge on any atom is 0.132 e. The molecule has 0 bridgehead atoms. The summed E-state index contributed by atoms with van der Waals surface area (Å²) in [6, 6.07) is 2.35. The molecule has 1 aromatic carbocycles. The van der Waals surface area contributed by atoms with Gasteiger partial charge in [0.15, 0.2) is 0 Å². The van der Waals surface area contributed by atoms with Gasteiger partial charge in [0.1, 0.15) is 11.6 Å². The molecule has 0 aromatic heterocycles. The lowest BCUT2D eigenvalue weighted by molar-refractivity contribution is 0.168. The summed E-state index contributed by atoms with van der Waals surface area (Å²) in [5.41, 5.74) is 0.144. The van der Waals surface area contributed by atoms with Crippen LogP contribution in [-0.4, -0.2) is 31.1 Å². The highest BCUT2D eigenvalue weighted by molar-refractivity contribution is 9.10. The molecule has 2 nitrogen and oxygen atoms in total. The van der Waals surface area contributed by atoms with Gasteiger partial charge in [-0.3, -0.25) is 4.90 Å². The van der Waals surface area contributed by atoms with Crippen molar-refractivity contribution in [1.29, 1.82) is 0 Å². The van der Waals surface area contributed by atoms with Crippen LogP contribution in [0.25, 0.3) is 0 Å². The molecule has 0 aliphatic carbocycles. The van der Waals surface area contributed by atoms with Crippen LogP contribution in [0.5, 0.6) is 0 Å². The maximum atomic E-state index is 14.1. The molecule has 1 aromatic rings. The van der Waals surface area contributed by atoms with Crippen LogP contribution < -0.4 is 5.32 Å². The van der Waals surface area contributed by atoms with Crippen LogP contribution in [-0.2, 0) is 0 Å². The first-order valence-electron chi connectivity index (χ1n) is 6.33. The minimum Gasteiger partial charge on any atom is -0.314 e. The number of nitrogens with one attached hydrogen (secondary N) is 1. The number of rotatable bonds is 4. The van der Waals surface area contributed by atoms with Crippen molar-refractivity contribution in [2.45, 2.75) is 12.5 Å². The van der Waals surface area contributed by atoms with E-state index in [0.717, 1.165) is 26.2 Å². The first-order valence-corrected chi connectivity index (χ1v) is 7.13. The third-order valence-corrected chi connectivity index (χ3v) is 3.82. The van der Waals surface area contributed by atoms with Crippen molar-refractivity contribution in [3.8, 4) is 0 Å². The van der Waals surface area contributed by atoms with Gasteiger partial charge in [-0.05, 0) is 18.6 Å². The fraction of sp³-hybridized carbons (Fsp3) is 0.429. The van der Waals surface area contributed by atoms with Gasteiger partial charge < -0.3 is 5.32 Å². The summed E-state index contributed by atoms with van der Waals surface area (Å²) >= 11 is 3.11. The highest BCUT2D eigenvalue weighted by Gasteiger charge is 2.26. The summed E-state index contributed by atoms with van der Waals surface area (Å²) in [5, 5.41) is 3.24. The van der Waals surface area contributed by atoms with Crippen LogP contribution in [0.15, 0.2) is 29.3 Å². The predicted molar refractivity (Wildman–Crippen MR) is 76.1 cm³/mol. The van der Waals surface area contributed by atoms with Crippen LogP contribution in [0.3, 0.4) is 0 Å². The molecule has 0 saturated carbocycles. The molecule has 1 N–H and O–H groups in total. The summed E-state index contributed by atoms with van der Waals surface area (Å²) in [6.45, 7) is 6.95. The molecule has 104 valence electrons. The molecule has 1 saturated heterocycles. The van der Waals surface area contributed by atoms with E-state index in [-0.39, 0.29) is 11.6 Å². The highest BCUT2D eigenvalue weighted by atomic mass is 79.9. The lowest BCUT2D eigenvalue weighted by atomic mass is 10.00. The monoisotopic (exact) mass is 330 g/mol. The predicted octanol–water partition coefficient (Wildman–Crippen LogP) is 3.25. The van der Waals surface area contributed by atoms with Crippen molar-refractivity contribution >= 4 is 15.9 Å². The topological polar surface area (TPSA) is 15.3 Å². The molecule has 0 radical (unpaired) electrons. The van der Waals surface area contributed by atoms with Gasteiger partial charge in [0.25, 0.3) is 0 Å². The second kappa shape index (κ2) is 6.59. The molecular weight excluding hydrogens is 314 g/mol. The standard InChI is InChI=1S/C14H17BrF2N2/c1-2-3-13(19-6-4-18-5-7-19)14-11(16)8-10(15)9-12(14)17/h2,8-9,13,18H,1,3-7H2/t13-/m1/s1. The Labute approximate surface area is 120 Å². The molecule has 0 spiro atoms. The summed E-state index contributed by atoms with van der Waals surface area (Å²) in [6.07, 6.45) is 2.25. The van der Waals surface area contributed by atoms with Gasteiger partial charge >= 0.3 is 0 Å². The Morgan fingerprint density at radius 1 is 1.32 bits per heavy atom. The molecule has 5 heteroatoms. The number of piperazine rings is 1. The normalized spacial score (nSPS) is 18.3. The third-order valence-electron chi connectivity index (χ3n) is 3.36. The minimum atomic E-state index is -0.503. The van der Waals surface area contributed by atoms with Crippen molar-refractivity contribution in [3.63, 3.8) is 0 Å². The molecule has 0 unspecified atom stereocenters. The highest BCUT2D eigenvalue weighted by Crippen LogP contribution is 2.31. The first kappa shape index (κ1) is 14.6. The third kappa shape index (κ3) is 3.41. The Balaban J connectivity index is 2.35. The zero-order valence-electron chi connectivity index (χ0n) is 10.6. The zero-order chi connectivity index (χ0) is 13.8. The summed E-state index contributed by atoms with van der Waals surface area (Å²) in [5.74, 6) is -1.01. The van der Waals surface area contributed by atoms with Crippen molar-refractivity contribution in [3.05, 3.63) is 46.5 Å². The van der Waals surface area contributed by atoms with Crippen molar-refractivity contribution in [1.82, 2.24) is 10.2 Å². The van der Waals surface area contributed by atoms with E-state index in [2.05, 4.69) is 32.7 Å². The number of hydrogen-bond acceptors (Lipinski definition) is 2. The van der Waals surface area contributed by atoms with E-state index < -0.39 is 11.6 Å². The van der Waals surface area contributed by atoms with E-state index in [1.54, 1.807) is 6.08 Å². The van der Waals surface area contributed by atoms with Gasteiger partial charge in [0, 0.05) is 42.3 Å². The number of halogens is 3. The Morgan fingerprint density at radius 3 is 2.42 bits per heavy atom. The van der Waals surface area contributed by atoms with Gasteiger partial charge in [0.2, 0.25) is 0 Å². The molecule has 1 heterocycles. The molecule has 2 rings (SSSR count). The smallest absolute Gasteiger partial charge is 0.132 e. The molecule has 0 amide bonds. The van der Waals surface area contributed by atoms with E-state index in [4.69, 9.17) is 0 Å². The Kier molecular flexibility index (Phi) is 5.07. The molecular formula is C14H17BrF2N2. The Hall–Kier alpha value is -0.780. The van der Waals surface area contributed by atoms with Crippen LogP contribution in [0.4, 0.5) is 8.78 Å². The first-order chi connectivity index (χ1) is 9.13. The van der Waals surface area contributed by atoms with Crippen LogP contribution >= 0.6 is 15.9 Å². The fourth-order valence-electron chi connectivity index (χ4n) is 2.47. The Morgan fingerprint density at radius 2 is 1.89 bits per heavy atom. The quantitative estimate of drug-likeness (QED) is 0.852. The summed E-state index contributed by atoms with van der Waals surface area (Å²) in [7, 11) is 0. The average Bonchev–Trinajstić information content (AvgIpc) is 2.37. The van der Waals surface area contributed by atoms with Crippen molar-refractivity contribution in [2.24, 2.45) is 0 Å². The lowest BCUT2D eigenvalue weighted by Gasteiger charge is -2.35. The minimum absolute atomic E-state index is 0.144. The second-order valence-electron chi connectivity index (χ2n) is 4.61. The molecule has 1 fully saturated rings. The van der Waals surface area contributed by atoms with E-state index in [1.807, 2.05) is 0 Å². The van der Waals surface area contributed by atoms with E-state index in [9.17, 15) is 8.78 Å². The molecule has 19 heavy (non-hydrogen) atoms. The summed E-state index contributed by atoms with van der Waals surface area (Å²) in [4.78, 5) is 2.10. The van der Waals surface area contributed by atoms with E-state index >= 15 is 0 Å². The summed E-state index contributed by atoms with van der Waals surface area (Å²) < 4.78 is 28.6. The van der Waals surface area contributed by atoms with Gasteiger partial charge in [-0.1, -0.05) is 22.0 Å². The zero-order valence-corrected chi connectivity index (χ0v) is 12.2. The van der Waals surface area contributed by atoms with E-state index in [0.29, 0.717) is 10.9 Å². The van der Waals surface area contributed by atoms with Gasteiger partial charge in [-0.15, -0.1) is 6.58 Å². The second-order valence-corrected chi connectivity index (χ2v) is 5.52. The maximum absolute atomic E-state index is 14.1. The average molecular weight is 331 g/mol. The van der Waals surface area contributed by atoms with Gasteiger partial charge in [-0.25, -0.2) is 8.78 Å². The van der Waals surface area contributed by atoms with Crippen molar-refractivity contribution < 1.29 is 8.78 Å². The van der Waals surface area contributed by atoms with Crippen LogP contribution in [0, 0.1) is 11.6 Å². The lowest BCUT2D eigenvalue weighted by Crippen LogP contribution is -2.45.